The van der Waals surface area contributed by atoms with Crippen molar-refractivity contribution in [1.29, 1.82) is 0 Å². The van der Waals surface area contributed by atoms with Crippen molar-refractivity contribution in [2.24, 2.45) is 14.1 Å². The number of hydrogen-bond acceptors (Lipinski definition) is 5. The van der Waals surface area contributed by atoms with Gasteiger partial charge in [-0.3, -0.25) is 18.7 Å². The molecule has 7 heteroatoms. The van der Waals surface area contributed by atoms with Gasteiger partial charge in [0.05, 0.1) is 17.2 Å². The smallest absolute Gasteiger partial charge is 0.332 e. The Morgan fingerprint density at radius 3 is 2.41 bits per heavy atom. The first-order valence-electron chi connectivity index (χ1n) is 8.49. The molecule has 2 aliphatic rings. The van der Waals surface area contributed by atoms with Gasteiger partial charge in [-0.1, -0.05) is 30.3 Å². The highest BCUT2D eigenvalue weighted by Crippen LogP contribution is 2.48. The average Bonchev–Trinajstić information content (AvgIpc) is 3.31. The lowest BCUT2D eigenvalue weighted by molar-refractivity contribution is 0.103. The Bertz CT molecular complexity index is 1280. The number of Topliss-reactive ketones (excluding diaryl/α,β-unsaturated/α-hetero) is 1. The standard InChI is InChI=1S/C20H15N3O3S/c1-22-18-15(19(25)23(2)20(22)26)13(12-8-5-9-27-12)14-16(21-18)10-6-3-4-7-11(10)17(14)24/h3-9,13,21H,1-2H3/t13-/m0/s1. The van der Waals surface area contributed by atoms with Crippen molar-refractivity contribution in [2.75, 3.05) is 5.32 Å². The molecule has 0 bridgehead atoms. The van der Waals surface area contributed by atoms with Crippen LogP contribution >= 0.6 is 11.3 Å². The molecule has 0 amide bonds. The molecule has 134 valence electrons. The Labute approximate surface area is 158 Å². The van der Waals surface area contributed by atoms with Gasteiger partial charge < -0.3 is 5.32 Å². The zero-order valence-corrected chi connectivity index (χ0v) is 15.5. The number of rotatable bonds is 1. The van der Waals surface area contributed by atoms with Crippen LogP contribution in [-0.4, -0.2) is 14.9 Å². The molecule has 0 saturated heterocycles. The third-order valence-corrected chi connectivity index (χ3v) is 6.24. The molecular weight excluding hydrogens is 362 g/mol. The molecule has 1 aliphatic carbocycles. The van der Waals surface area contributed by atoms with Gasteiger partial charge in [-0.25, -0.2) is 4.79 Å². The molecule has 2 aromatic heterocycles. The lowest BCUT2D eigenvalue weighted by atomic mass is 9.85. The first kappa shape index (κ1) is 16.0. The molecule has 0 fully saturated rings. The minimum Gasteiger partial charge on any atom is -0.340 e. The van der Waals surface area contributed by atoms with Gasteiger partial charge in [-0.15, -0.1) is 11.3 Å². The Morgan fingerprint density at radius 2 is 1.70 bits per heavy atom. The van der Waals surface area contributed by atoms with Gasteiger partial charge >= 0.3 is 5.69 Å². The van der Waals surface area contributed by atoms with Crippen molar-refractivity contribution >= 4 is 28.6 Å². The molecule has 0 unspecified atom stereocenters. The number of fused-ring (bicyclic) bond motifs is 3. The van der Waals surface area contributed by atoms with Gasteiger partial charge in [-0.2, -0.15) is 0 Å². The summed E-state index contributed by atoms with van der Waals surface area (Å²) < 4.78 is 2.53. The zero-order chi connectivity index (χ0) is 18.9. The molecule has 1 atom stereocenters. The van der Waals surface area contributed by atoms with E-state index < -0.39 is 11.6 Å². The SMILES string of the molecule is Cn1c2c(c(=O)n(C)c1=O)[C@@H](c1cccs1)C1=C(N2)c2ccccc2C1=O. The minimum atomic E-state index is -0.498. The lowest BCUT2D eigenvalue weighted by Crippen LogP contribution is -2.42. The van der Waals surface area contributed by atoms with Crippen molar-refractivity contribution in [1.82, 2.24) is 9.13 Å². The van der Waals surface area contributed by atoms with E-state index in [1.165, 1.54) is 23.0 Å². The van der Waals surface area contributed by atoms with Gasteiger partial charge in [0.1, 0.15) is 5.82 Å². The molecule has 3 heterocycles. The molecule has 0 spiro atoms. The van der Waals surface area contributed by atoms with E-state index in [0.29, 0.717) is 28.2 Å². The fraction of sp³-hybridized carbons (Fsp3) is 0.150. The predicted molar refractivity (Wildman–Crippen MR) is 104 cm³/mol. The third-order valence-electron chi connectivity index (χ3n) is 5.30. The van der Waals surface area contributed by atoms with E-state index in [2.05, 4.69) is 5.32 Å². The second-order valence-corrected chi connectivity index (χ2v) is 7.68. The number of benzene rings is 1. The second-order valence-electron chi connectivity index (χ2n) is 6.70. The van der Waals surface area contributed by atoms with Gasteiger partial charge in [0.15, 0.2) is 5.78 Å². The summed E-state index contributed by atoms with van der Waals surface area (Å²) in [5.41, 5.74) is 2.32. The first-order chi connectivity index (χ1) is 13.0. The molecule has 3 aromatic rings. The molecular formula is C20H15N3O3S. The van der Waals surface area contributed by atoms with E-state index in [1.54, 1.807) is 13.1 Å². The molecule has 0 radical (unpaired) electrons. The summed E-state index contributed by atoms with van der Waals surface area (Å²) in [6.45, 7) is 0. The van der Waals surface area contributed by atoms with Crippen molar-refractivity contribution in [3.05, 3.63) is 89.8 Å². The number of anilines is 1. The number of hydrogen-bond donors (Lipinski definition) is 1. The number of aromatic nitrogens is 2. The van der Waals surface area contributed by atoms with Gasteiger partial charge in [0.25, 0.3) is 5.56 Å². The van der Waals surface area contributed by atoms with Crippen molar-refractivity contribution in [3.63, 3.8) is 0 Å². The molecule has 27 heavy (non-hydrogen) atoms. The van der Waals surface area contributed by atoms with Crippen LogP contribution in [0.2, 0.25) is 0 Å². The monoisotopic (exact) mass is 377 g/mol. The Kier molecular flexibility index (Phi) is 3.21. The van der Waals surface area contributed by atoms with Crippen LogP contribution in [0.1, 0.15) is 32.3 Å². The highest BCUT2D eigenvalue weighted by molar-refractivity contribution is 7.10. The largest absolute Gasteiger partial charge is 0.340 e. The van der Waals surface area contributed by atoms with Crippen LogP contribution in [0.4, 0.5) is 5.82 Å². The van der Waals surface area contributed by atoms with Crippen LogP contribution in [0, 0.1) is 0 Å². The second kappa shape index (κ2) is 5.40. The number of nitrogens with one attached hydrogen (secondary N) is 1. The van der Waals surface area contributed by atoms with Crippen molar-refractivity contribution in [3.8, 4) is 0 Å². The third kappa shape index (κ3) is 1.97. The van der Waals surface area contributed by atoms with Crippen LogP contribution in [0.3, 0.4) is 0 Å². The highest BCUT2D eigenvalue weighted by Gasteiger charge is 2.42. The molecule has 1 aromatic carbocycles. The Hall–Kier alpha value is -3.19. The zero-order valence-electron chi connectivity index (χ0n) is 14.6. The van der Waals surface area contributed by atoms with Gasteiger partial charge in [-0.05, 0) is 11.4 Å². The molecule has 0 saturated carbocycles. The van der Waals surface area contributed by atoms with E-state index in [0.717, 1.165) is 15.0 Å². The molecule has 1 aliphatic heterocycles. The number of nitrogens with zero attached hydrogens (tertiary/aromatic N) is 2. The van der Waals surface area contributed by atoms with Crippen LogP contribution in [0.5, 0.6) is 0 Å². The van der Waals surface area contributed by atoms with Crippen molar-refractivity contribution in [2.45, 2.75) is 5.92 Å². The summed E-state index contributed by atoms with van der Waals surface area (Å²) in [4.78, 5) is 39.6. The summed E-state index contributed by atoms with van der Waals surface area (Å²) in [6, 6.07) is 11.2. The van der Waals surface area contributed by atoms with E-state index in [1.807, 2.05) is 35.7 Å². The molecule has 5 rings (SSSR count). The Morgan fingerprint density at radius 1 is 0.963 bits per heavy atom. The summed E-state index contributed by atoms with van der Waals surface area (Å²) in [6.07, 6.45) is 0. The fourth-order valence-corrected chi connectivity index (χ4v) is 4.84. The first-order valence-corrected chi connectivity index (χ1v) is 9.37. The quantitative estimate of drug-likeness (QED) is 0.706. The number of thiophene rings is 1. The highest BCUT2D eigenvalue weighted by atomic mass is 32.1. The van der Waals surface area contributed by atoms with Crippen molar-refractivity contribution < 1.29 is 4.79 Å². The minimum absolute atomic E-state index is 0.0759. The van der Waals surface area contributed by atoms with Gasteiger partial charge in [0, 0.05) is 35.7 Å². The summed E-state index contributed by atoms with van der Waals surface area (Å²) >= 11 is 1.50. The lowest BCUT2D eigenvalue weighted by Gasteiger charge is -2.28. The summed E-state index contributed by atoms with van der Waals surface area (Å²) in [5, 5.41) is 5.15. The van der Waals surface area contributed by atoms with E-state index in [9.17, 15) is 14.4 Å². The molecule has 1 N–H and O–H groups in total. The maximum Gasteiger partial charge on any atom is 0.332 e. The van der Waals surface area contributed by atoms with Crippen LogP contribution < -0.4 is 16.6 Å². The van der Waals surface area contributed by atoms with Gasteiger partial charge in [0.2, 0.25) is 0 Å². The van der Waals surface area contributed by atoms with E-state index in [4.69, 9.17) is 0 Å². The maximum absolute atomic E-state index is 13.2. The summed E-state index contributed by atoms with van der Waals surface area (Å²) in [5.74, 6) is -0.126. The summed E-state index contributed by atoms with van der Waals surface area (Å²) in [7, 11) is 3.10. The average molecular weight is 377 g/mol. The van der Waals surface area contributed by atoms with Crippen LogP contribution in [0.15, 0.2) is 56.9 Å². The maximum atomic E-state index is 13.2. The van der Waals surface area contributed by atoms with E-state index in [-0.39, 0.29) is 11.3 Å². The Balaban J connectivity index is 1.90. The molecule has 6 nitrogen and oxygen atoms in total. The number of carbonyl (C=O) groups excluding carboxylic acids is 1. The number of ketones is 1. The number of carbonyl (C=O) groups is 1. The fourth-order valence-electron chi connectivity index (χ4n) is 4.00. The van der Waals surface area contributed by atoms with Crippen LogP contribution in [-0.2, 0) is 14.1 Å². The topological polar surface area (TPSA) is 73.1 Å². The van der Waals surface area contributed by atoms with Crippen LogP contribution in [0.25, 0.3) is 5.70 Å². The number of allylic oxidation sites excluding steroid dienone is 1. The predicted octanol–water partition coefficient (Wildman–Crippen LogP) is 2.31. The normalized spacial score (nSPS) is 17.4. The van der Waals surface area contributed by atoms with E-state index >= 15 is 0 Å².